The third-order valence-electron chi connectivity index (χ3n) is 4.16. The second kappa shape index (κ2) is 5.83. The molecule has 1 rings (SSSR count). The first-order valence-electron chi connectivity index (χ1n) is 6.62. The number of rotatable bonds is 5. The van der Waals surface area contributed by atoms with E-state index in [1.165, 1.54) is 25.7 Å². The van der Waals surface area contributed by atoms with Gasteiger partial charge in [-0.3, -0.25) is 4.79 Å². The lowest BCUT2D eigenvalue weighted by molar-refractivity contribution is -0.122. The largest absolute Gasteiger partial charge is 0.368 e. The predicted molar refractivity (Wildman–Crippen MR) is 70.5 cm³/mol. The maximum Gasteiger partial charge on any atom is 0.237 e. The Hall–Kier alpha value is -0.610. The predicted octanol–water partition coefficient (Wildman–Crippen LogP) is 1.09. The van der Waals surface area contributed by atoms with Gasteiger partial charge in [-0.25, -0.2) is 0 Å². The quantitative estimate of drug-likeness (QED) is 0.757. The van der Waals surface area contributed by atoms with Crippen LogP contribution in [0.1, 0.15) is 46.0 Å². The topological polar surface area (TPSA) is 72.3 Å². The average Bonchev–Trinajstić information content (AvgIpc) is 2.27. The lowest BCUT2D eigenvalue weighted by Crippen LogP contribution is -2.51. The highest BCUT2D eigenvalue weighted by molar-refractivity contribution is 5.83. The van der Waals surface area contributed by atoms with E-state index in [9.17, 15) is 4.79 Å². The fourth-order valence-electron chi connectivity index (χ4n) is 2.40. The molecule has 1 fully saturated rings. The van der Waals surface area contributed by atoms with Gasteiger partial charge in [0.1, 0.15) is 0 Å². The molecule has 0 aliphatic heterocycles. The number of hydrogen-bond acceptors (Lipinski definition) is 3. The Bertz CT molecular complexity index is 257. The summed E-state index contributed by atoms with van der Waals surface area (Å²) >= 11 is 0. The molecule has 0 saturated heterocycles. The minimum atomic E-state index is -0.879. The highest BCUT2D eigenvalue weighted by Gasteiger charge is 2.28. The maximum absolute atomic E-state index is 11.1. The van der Waals surface area contributed by atoms with Crippen LogP contribution in [0, 0.1) is 5.92 Å². The number of primary amides is 1. The van der Waals surface area contributed by atoms with Gasteiger partial charge in [-0.1, -0.05) is 6.92 Å². The molecule has 0 heterocycles. The molecule has 4 heteroatoms. The standard InChI is InChI=1S/C13H27N3O/c1-10-4-6-11(7-5-10)16(3)9-8-13(2,15)12(14)17/h10-11H,4-9,15H2,1-3H3,(H2,14,17). The molecule has 0 radical (unpaired) electrons. The van der Waals surface area contributed by atoms with Crippen molar-refractivity contribution in [2.75, 3.05) is 13.6 Å². The zero-order chi connectivity index (χ0) is 13.1. The summed E-state index contributed by atoms with van der Waals surface area (Å²) in [6.45, 7) is 4.88. The number of amides is 1. The Kier molecular flexibility index (Phi) is 4.95. The van der Waals surface area contributed by atoms with Crippen LogP contribution in [-0.4, -0.2) is 36.0 Å². The van der Waals surface area contributed by atoms with Gasteiger partial charge >= 0.3 is 0 Å². The van der Waals surface area contributed by atoms with Crippen LogP contribution in [0.3, 0.4) is 0 Å². The summed E-state index contributed by atoms with van der Waals surface area (Å²) in [6, 6.07) is 0.648. The Morgan fingerprint density at radius 3 is 2.35 bits per heavy atom. The van der Waals surface area contributed by atoms with Crippen LogP contribution in [-0.2, 0) is 4.79 Å². The minimum absolute atomic E-state index is 0.414. The van der Waals surface area contributed by atoms with Crippen molar-refractivity contribution in [3.05, 3.63) is 0 Å². The van der Waals surface area contributed by atoms with Crippen LogP contribution in [0.25, 0.3) is 0 Å². The third-order valence-corrected chi connectivity index (χ3v) is 4.16. The first-order valence-corrected chi connectivity index (χ1v) is 6.62. The Balaban J connectivity index is 2.34. The summed E-state index contributed by atoms with van der Waals surface area (Å²) in [5.74, 6) is 0.452. The smallest absolute Gasteiger partial charge is 0.237 e. The van der Waals surface area contributed by atoms with Crippen molar-refractivity contribution in [2.24, 2.45) is 17.4 Å². The van der Waals surface area contributed by atoms with Gasteiger partial charge in [0.2, 0.25) is 5.91 Å². The second-order valence-electron chi connectivity index (χ2n) is 5.93. The maximum atomic E-state index is 11.1. The monoisotopic (exact) mass is 241 g/mol. The van der Waals surface area contributed by atoms with Gasteiger partial charge in [0, 0.05) is 12.6 Å². The van der Waals surface area contributed by atoms with Gasteiger partial charge in [-0.05, 0) is 52.0 Å². The summed E-state index contributed by atoms with van der Waals surface area (Å²) in [4.78, 5) is 13.5. The van der Waals surface area contributed by atoms with Crippen molar-refractivity contribution < 1.29 is 4.79 Å². The van der Waals surface area contributed by atoms with E-state index >= 15 is 0 Å². The van der Waals surface area contributed by atoms with Crippen molar-refractivity contribution >= 4 is 5.91 Å². The van der Waals surface area contributed by atoms with Crippen molar-refractivity contribution in [1.29, 1.82) is 0 Å². The van der Waals surface area contributed by atoms with E-state index in [1.807, 2.05) is 0 Å². The van der Waals surface area contributed by atoms with Gasteiger partial charge in [-0.2, -0.15) is 0 Å². The number of carbonyl (C=O) groups excluding carboxylic acids is 1. The van der Waals surface area contributed by atoms with E-state index < -0.39 is 11.4 Å². The van der Waals surface area contributed by atoms with Crippen LogP contribution >= 0.6 is 0 Å². The average molecular weight is 241 g/mol. The Labute approximate surface area is 105 Å². The summed E-state index contributed by atoms with van der Waals surface area (Å²) < 4.78 is 0. The number of nitrogens with zero attached hydrogens (tertiary/aromatic N) is 1. The molecule has 1 aliphatic rings. The molecule has 1 amide bonds. The fourth-order valence-corrected chi connectivity index (χ4v) is 2.40. The zero-order valence-electron chi connectivity index (χ0n) is 11.4. The van der Waals surface area contributed by atoms with Crippen LogP contribution in [0.4, 0.5) is 0 Å². The van der Waals surface area contributed by atoms with Gasteiger partial charge < -0.3 is 16.4 Å². The van der Waals surface area contributed by atoms with Crippen molar-refractivity contribution in [2.45, 2.75) is 57.5 Å². The van der Waals surface area contributed by atoms with Gasteiger partial charge in [0.15, 0.2) is 0 Å². The molecule has 0 spiro atoms. The van der Waals surface area contributed by atoms with Crippen LogP contribution in [0.2, 0.25) is 0 Å². The van der Waals surface area contributed by atoms with E-state index in [0.717, 1.165) is 12.5 Å². The van der Waals surface area contributed by atoms with E-state index in [0.29, 0.717) is 12.5 Å². The molecule has 1 unspecified atom stereocenters. The van der Waals surface area contributed by atoms with Crippen LogP contribution in [0.15, 0.2) is 0 Å². The molecule has 4 N–H and O–H groups in total. The minimum Gasteiger partial charge on any atom is -0.368 e. The molecule has 4 nitrogen and oxygen atoms in total. The SMILES string of the molecule is CC1CCC(N(C)CCC(C)(N)C(N)=O)CC1. The molecular weight excluding hydrogens is 214 g/mol. The summed E-state index contributed by atoms with van der Waals surface area (Å²) in [6.07, 6.45) is 5.77. The molecule has 17 heavy (non-hydrogen) atoms. The van der Waals surface area contributed by atoms with E-state index in [2.05, 4.69) is 18.9 Å². The Morgan fingerprint density at radius 1 is 1.35 bits per heavy atom. The molecule has 1 saturated carbocycles. The number of hydrogen-bond donors (Lipinski definition) is 2. The summed E-state index contributed by atoms with van der Waals surface area (Å²) in [5, 5.41) is 0. The number of carbonyl (C=O) groups is 1. The van der Waals surface area contributed by atoms with Crippen LogP contribution in [0.5, 0.6) is 0 Å². The summed E-state index contributed by atoms with van der Waals surface area (Å²) in [5.41, 5.74) is 10.3. The van der Waals surface area contributed by atoms with Gasteiger partial charge in [-0.15, -0.1) is 0 Å². The molecule has 100 valence electrons. The van der Waals surface area contributed by atoms with Crippen molar-refractivity contribution in [3.63, 3.8) is 0 Å². The van der Waals surface area contributed by atoms with E-state index in [4.69, 9.17) is 11.5 Å². The lowest BCUT2D eigenvalue weighted by Gasteiger charge is -2.35. The molecule has 0 aromatic carbocycles. The lowest BCUT2D eigenvalue weighted by atomic mass is 9.86. The fraction of sp³-hybridized carbons (Fsp3) is 0.923. The Morgan fingerprint density at radius 2 is 1.88 bits per heavy atom. The highest BCUT2D eigenvalue weighted by atomic mass is 16.1. The first-order chi connectivity index (χ1) is 7.83. The third kappa shape index (κ3) is 4.28. The van der Waals surface area contributed by atoms with E-state index in [-0.39, 0.29) is 0 Å². The van der Waals surface area contributed by atoms with Crippen molar-refractivity contribution in [3.8, 4) is 0 Å². The van der Waals surface area contributed by atoms with Gasteiger partial charge in [0.25, 0.3) is 0 Å². The molecule has 1 atom stereocenters. The zero-order valence-corrected chi connectivity index (χ0v) is 11.4. The first kappa shape index (κ1) is 14.5. The van der Waals surface area contributed by atoms with Crippen LogP contribution < -0.4 is 11.5 Å². The molecular formula is C13H27N3O. The molecule has 0 aromatic rings. The van der Waals surface area contributed by atoms with Crippen molar-refractivity contribution in [1.82, 2.24) is 4.90 Å². The number of nitrogens with two attached hydrogens (primary N) is 2. The molecule has 1 aliphatic carbocycles. The normalized spacial score (nSPS) is 29.0. The molecule has 0 bridgehead atoms. The summed E-state index contributed by atoms with van der Waals surface area (Å²) in [7, 11) is 2.12. The van der Waals surface area contributed by atoms with E-state index in [1.54, 1.807) is 6.92 Å². The van der Waals surface area contributed by atoms with Gasteiger partial charge in [0.05, 0.1) is 5.54 Å². The second-order valence-corrected chi connectivity index (χ2v) is 5.93. The highest BCUT2D eigenvalue weighted by Crippen LogP contribution is 2.26. The molecule has 0 aromatic heterocycles.